The molecule has 0 radical (unpaired) electrons. The lowest BCUT2D eigenvalue weighted by atomic mass is 10.1. The van der Waals surface area contributed by atoms with Crippen LogP contribution in [0.1, 0.15) is 11.1 Å². The number of ether oxygens (including phenoxy) is 1. The number of para-hydroxylation sites is 1. The second-order valence-corrected chi connectivity index (χ2v) is 5.19. The van der Waals surface area contributed by atoms with Crippen LogP contribution in [0.4, 0.5) is 0 Å². The van der Waals surface area contributed by atoms with Gasteiger partial charge in [-0.25, -0.2) is 0 Å². The SMILES string of the molecule is Cc1ccc(OCCn2ccc3ccccc32)c(C)c1. The Hall–Kier alpha value is -2.22. The molecule has 0 fully saturated rings. The smallest absolute Gasteiger partial charge is 0.122 e. The Morgan fingerprint density at radius 2 is 1.85 bits per heavy atom. The molecule has 0 N–H and O–H groups in total. The molecule has 0 aliphatic heterocycles. The molecular weight excluding hydrogens is 246 g/mol. The van der Waals surface area contributed by atoms with E-state index >= 15 is 0 Å². The minimum Gasteiger partial charge on any atom is -0.491 e. The van der Waals surface area contributed by atoms with Crippen LogP contribution in [-0.2, 0) is 6.54 Å². The molecule has 20 heavy (non-hydrogen) atoms. The van der Waals surface area contributed by atoms with E-state index in [1.54, 1.807) is 0 Å². The van der Waals surface area contributed by atoms with Gasteiger partial charge in [0.05, 0.1) is 6.54 Å². The molecule has 0 aliphatic rings. The van der Waals surface area contributed by atoms with Crippen molar-refractivity contribution in [1.82, 2.24) is 4.57 Å². The Labute approximate surface area is 119 Å². The number of aryl methyl sites for hydroxylation is 2. The van der Waals surface area contributed by atoms with Gasteiger partial charge in [-0.15, -0.1) is 0 Å². The van der Waals surface area contributed by atoms with E-state index in [-0.39, 0.29) is 0 Å². The van der Waals surface area contributed by atoms with Crippen molar-refractivity contribution in [2.45, 2.75) is 20.4 Å². The zero-order chi connectivity index (χ0) is 13.9. The highest BCUT2D eigenvalue weighted by atomic mass is 16.5. The van der Waals surface area contributed by atoms with Gasteiger partial charge in [0.2, 0.25) is 0 Å². The van der Waals surface area contributed by atoms with Crippen LogP contribution >= 0.6 is 0 Å². The van der Waals surface area contributed by atoms with E-state index in [1.807, 2.05) is 0 Å². The Morgan fingerprint density at radius 1 is 1.00 bits per heavy atom. The fourth-order valence-electron chi connectivity index (χ4n) is 2.55. The number of rotatable bonds is 4. The molecule has 2 aromatic carbocycles. The minimum absolute atomic E-state index is 0.683. The van der Waals surface area contributed by atoms with Crippen LogP contribution in [0.15, 0.2) is 54.7 Å². The van der Waals surface area contributed by atoms with E-state index in [2.05, 4.69) is 73.1 Å². The molecule has 2 nitrogen and oxygen atoms in total. The summed E-state index contributed by atoms with van der Waals surface area (Å²) in [6.45, 7) is 5.74. The summed E-state index contributed by atoms with van der Waals surface area (Å²) < 4.78 is 8.13. The summed E-state index contributed by atoms with van der Waals surface area (Å²) in [4.78, 5) is 0. The average molecular weight is 265 g/mol. The number of fused-ring (bicyclic) bond motifs is 1. The molecule has 0 spiro atoms. The van der Waals surface area contributed by atoms with E-state index in [9.17, 15) is 0 Å². The summed E-state index contributed by atoms with van der Waals surface area (Å²) >= 11 is 0. The van der Waals surface area contributed by atoms with Gasteiger partial charge in [-0.2, -0.15) is 0 Å². The molecule has 1 aromatic heterocycles. The normalized spacial score (nSPS) is 10.9. The summed E-state index contributed by atoms with van der Waals surface area (Å²) in [7, 11) is 0. The third kappa shape index (κ3) is 2.55. The number of nitrogens with zero attached hydrogens (tertiary/aromatic N) is 1. The van der Waals surface area contributed by atoms with E-state index < -0.39 is 0 Å². The lowest BCUT2D eigenvalue weighted by molar-refractivity contribution is 0.298. The number of hydrogen-bond donors (Lipinski definition) is 0. The number of aromatic nitrogens is 1. The molecular formula is C18H19NO. The highest BCUT2D eigenvalue weighted by Crippen LogP contribution is 2.19. The van der Waals surface area contributed by atoms with Crippen molar-refractivity contribution in [2.24, 2.45) is 0 Å². The van der Waals surface area contributed by atoms with Gasteiger partial charge in [0.15, 0.2) is 0 Å². The zero-order valence-corrected chi connectivity index (χ0v) is 12.0. The summed E-state index contributed by atoms with van der Waals surface area (Å²) in [5.41, 5.74) is 3.73. The van der Waals surface area contributed by atoms with Gasteiger partial charge < -0.3 is 9.30 Å². The van der Waals surface area contributed by atoms with E-state index in [0.717, 1.165) is 12.3 Å². The van der Waals surface area contributed by atoms with Gasteiger partial charge in [0.25, 0.3) is 0 Å². The van der Waals surface area contributed by atoms with E-state index in [1.165, 1.54) is 22.0 Å². The van der Waals surface area contributed by atoms with Crippen molar-refractivity contribution in [3.05, 3.63) is 65.9 Å². The van der Waals surface area contributed by atoms with Gasteiger partial charge in [-0.1, -0.05) is 35.9 Å². The molecule has 3 rings (SSSR count). The predicted molar refractivity (Wildman–Crippen MR) is 83.3 cm³/mol. The maximum absolute atomic E-state index is 5.89. The van der Waals surface area contributed by atoms with Crippen LogP contribution < -0.4 is 4.74 Å². The second kappa shape index (κ2) is 5.41. The molecule has 0 atom stereocenters. The first kappa shape index (κ1) is 12.8. The summed E-state index contributed by atoms with van der Waals surface area (Å²) in [6, 6.07) is 16.9. The zero-order valence-electron chi connectivity index (χ0n) is 12.0. The quantitative estimate of drug-likeness (QED) is 0.684. The maximum atomic E-state index is 5.89. The Bertz CT molecular complexity index is 727. The number of benzene rings is 2. The Kier molecular flexibility index (Phi) is 3.46. The van der Waals surface area contributed by atoms with Gasteiger partial charge in [0.1, 0.15) is 12.4 Å². The third-order valence-corrected chi connectivity index (χ3v) is 3.60. The van der Waals surface area contributed by atoms with Gasteiger partial charge in [-0.05, 0) is 43.0 Å². The molecule has 0 amide bonds. The van der Waals surface area contributed by atoms with Crippen LogP contribution in [0, 0.1) is 13.8 Å². The first-order chi connectivity index (χ1) is 9.74. The van der Waals surface area contributed by atoms with Crippen molar-refractivity contribution in [1.29, 1.82) is 0 Å². The van der Waals surface area contributed by atoms with Crippen molar-refractivity contribution >= 4 is 10.9 Å². The van der Waals surface area contributed by atoms with Crippen LogP contribution in [0.5, 0.6) is 5.75 Å². The van der Waals surface area contributed by atoms with Crippen molar-refractivity contribution < 1.29 is 4.74 Å². The van der Waals surface area contributed by atoms with E-state index in [4.69, 9.17) is 4.74 Å². The highest BCUT2D eigenvalue weighted by molar-refractivity contribution is 5.79. The first-order valence-electron chi connectivity index (χ1n) is 6.98. The van der Waals surface area contributed by atoms with Crippen LogP contribution in [0.25, 0.3) is 10.9 Å². The second-order valence-electron chi connectivity index (χ2n) is 5.19. The van der Waals surface area contributed by atoms with Gasteiger partial charge >= 0.3 is 0 Å². The molecule has 0 aliphatic carbocycles. The first-order valence-corrected chi connectivity index (χ1v) is 6.98. The molecule has 102 valence electrons. The largest absolute Gasteiger partial charge is 0.491 e. The fraction of sp³-hybridized carbons (Fsp3) is 0.222. The van der Waals surface area contributed by atoms with Crippen molar-refractivity contribution in [3.63, 3.8) is 0 Å². The molecule has 0 bridgehead atoms. The summed E-state index contributed by atoms with van der Waals surface area (Å²) in [5, 5.41) is 1.28. The molecule has 1 heterocycles. The van der Waals surface area contributed by atoms with Crippen molar-refractivity contribution in [3.8, 4) is 5.75 Å². The fourth-order valence-corrected chi connectivity index (χ4v) is 2.55. The molecule has 0 saturated carbocycles. The Morgan fingerprint density at radius 3 is 2.70 bits per heavy atom. The van der Waals surface area contributed by atoms with Crippen LogP contribution in [0.3, 0.4) is 0 Å². The monoisotopic (exact) mass is 265 g/mol. The Balaban J connectivity index is 1.68. The summed E-state index contributed by atoms with van der Waals surface area (Å²) in [6.07, 6.45) is 2.12. The summed E-state index contributed by atoms with van der Waals surface area (Å²) in [5.74, 6) is 0.979. The average Bonchev–Trinajstić information content (AvgIpc) is 2.85. The topological polar surface area (TPSA) is 14.2 Å². The number of hydrogen-bond acceptors (Lipinski definition) is 1. The maximum Gasteiger partial charge on any atom is 0.122 e. The molecule has 0 unspecified atom stereocenters. The van der Waals surface area contributed by atoms with Crippen LogP contribution in [-0.4, -0.2) is 11.2 Å². The predicted octanol–water partition coefficient (Wildman–Crippen LogP) is 4.34. The highest BCUT2D eigenvalue weighted by Gasteiger charge is 2.02. The van der Waals surface area contributed by atoms with Gasteiger partial charge in [-0.3, -0.25) is 0 Å². The molecule has 0 saturated heterocycles. The lowest BCUT2D eigenvalue weighted by Gasteiger charge is -2.11. The van der Waals surface area contributed by atoms with Crippen molar-refractivity contribution in [2.75, 3.05) is 6.61 Å². The lowest BCUT2D eigenvalue weighted by Crippen LogP contribution is -2.07. The standard InChI is InChI=1S/C18H19NO/c1-14-7-8-18(15(2)13-14)20-12-11-19-10-9-16-5-3-4-6-17(16)19/h3-10,13H,11-12H2,1-2H3. The molecule has 2 heteroatoms. The third-order valence-electron chi connectivity index (χ3n) is 3.60. The van der Waals surface area contributed by atoms with Crippen LogP contribution in [0.2, 0.25) is 0 Å². The molecule has 3 aromatic rings. The van der Waals surface area contributed by atoms with Gasteiger partial charge in [0, 0.05) is 11.7 Å². The minimum atomic E-state index is 0.683. The van der Waals surface area contributed by atoms with E-state index in [0.29, 0.717) is 6.61 Å².